The number of amides is 3. The third-order valence-corrected chi connectivity index (χ3v) is 6.62. The van der Waals surface area contributed by atoms with Crippen LogP contribution in [0.1, 0.15) is 27.0 Å². The molecule has 1 unspecified atom stereocenters. The van der Waals surface area contributed by atoms with Gasteiger partial charge >= 0.3 is 0 Å². The van der Waals surface area contributed by atoms with Crippen LogP contribution in [-0.2, 0) is 9.59 Å². The van der Waals surface area contributed by atoms with Crippen molar-refractivity contribution in [1.82, 2.24) is 9.80 Å². The second-order valence-electron chi connectivity index (χ2n) is 7.55. The molecule has 1 saturated heterocycles. The number of hydrogen-bond donors (Lipinski definition) is 1. The van der Waals surface area contributed by atoms with E-state index >= 15 is 0 Å². The zero-order chi connectivity index (χ0) is 21.4. The molecule has 7 heteroatoms. The van der Waals surface area contributed by atoms with Gasteiger partial charge in [-0.2, -0.15) is 0 Å². The highest BCUT2D eigenvalue weighted by Gasteiger charge is 2.38. The van der Waals surface area contributed by atoms with Crippen molar-refractivity contribution < 1.29 is 14.4 Å². The lowest BCUT2D eigenvalue weighted by Crippen LogP contribution is -2.48. The number of rotatable bonds is 4. The van der Waals surface area contributed by atoms with Crippen LogP contribution in [0.5, 0.6) is 0 Å². The Morgan fingerprint density at radius 3 is 2.57 bits per heavy atom. The minimum absolute atomic E-state index is 0.125. The number of carbonyl (C=O) groups is 3. The predicted molar refractivity (Wildman–Crippen MR) is 119 cm³/mol. The molecule has 2 aromatic carbocycles. The molecule has 154 valence electrons. The number of aryl methyl sites for hydroxylation is 2. The predicted octanol–water partition coefficient (Wildman–Crippen LogP) is 3.27. The Balaban J connectivity index is 1.45. The smallest absolute Gasteiger partial charge is 0.259 e. The number of thioether (sulfide) groups is 1. The Kier molecular flexibility index (Phi) is 5.39. The van der Waals surface area contributed by atoms with Gasteiger partial charge in [0.2, 0.25) is 11.8 Å². The monoisotopic (exact) mass is 421 g/mol. The van der Waals surface area contributed by atoms with E-state index in [0.717, 1.165) is 16.7 Å². The van der Waals surface area contributed by atoms with Gasteiger partial charge in [-0.25, -0.2) is 0 Å². The van der Waals surface area contributed by atoms with Crippen LogP contribution in [0.25, 0.3) is 5.70 Å². The summed E-state index contributed by atoms with van der Waals surface area (Å²) in [7, 11) is 0. The molecule has 1 atom stereocenters. The molecule has 1 fully saturated rings. The largest absolute Gasteiger partial charge is 0.324 e. The Labute approximate surface area is 179 Å². The summed E-state index contributed by atoms with van der Waals surface area (Å²) in [6.07, 6.45) is 0. The number of hydrogen-bond acceptors (Lipinski definition) is 4. The number of fused-ring (bicyclic) bond motifs is 1. The van der Waals surface area contributed by atoms with E-state index in [1.165, 1.54) is 16.7 Å². The fourth-order valence-corrected chi connectivity index (χ4v) is 4.86. The highest BCUT2D eigenvalue weighted by Crippen LogP contribution is 2.31. The van der Waals surface area contributed by atoms with Crippen LogP contribution in [0.4, 0.5) is 5.69 Å². The second-order valence-corrected chi connectivity index (χ2v) is 8.55. The number of carbonyl (C=O) groups excluding carboxylic acids is 3. The molecule has 2 aliphatic heterocycles. The lowest BCUT2D eigenvalue weighted by molar-refractivity contribution is -0.136. The minimum Gasteiger partial charge on any atom is -0.324 e. The summed E-state index contributed by atoms with van der Waals surface area (Å²) in [6, 6.07) is 12.4. The molecule has 2 aliphatic rings. The van der Waals surface area contributed by atoms with Crippen molar-refractivity contribution in [3.63, 3.8) is 0 Å². The van der Waals surface area contributed by atoms with E-state index < -0.39 is 6.04 Å². The van der Waals surface area contributed by atoms with Crippen LogP contribution >= 0.6 is 11.8 Å². The number of benzene rings is 2. The second kappa shape index (κ2) is 7.99. The Bertz CT molecular complexity index is 1030. The fraction of sp³-hybridized carbons (Fsp3) is 0.261. The van der Waals surface area contributed by atoms with Gasteiger partial charge in [0, 0.05) is 28.3 Å². The molecule has 0 spiro atoms. The highest BCUT2D eigenvalue weighted by atomic mass is 32.2. The third kappa shape index (κ3) is 3.61. The van der Waals surface area contributed by atoms with Crippen LogP contribution in [0, 0.1) is 13.8 Å². The lowest BCUT2D eigenvalue weighted by Gasteiger charge is -2.26. The van der Waals surface area contributed by atoms with E-state index in [1.807, 2.05) is 44.2 Å². The fourth-order valence-electron chi connectivity index (χ4n) is 3.68. The molecular weight excluding hydrogens is 398 g/mol. The lowest BCUT2D eigenvalue weighted by atomic mass is 10.1. The van der Waals surface area contributed by atoms with Crippen molar-refractivity contribution in [1.29, 1.82) is 0 Å². The topological polar surface area (TPSA) is 69.7 Å². The summed E-state index contributed by atoms with van der Waals surface area (Å²) >= 11 is 1.53. The van der Waals surface area contributed by atoms with E-state index in [1.54, 1.807) is 17.0 Å². The van der Waals surface area contributed by atoms with E-state index in [9.17, 15) is 14.4 Å². The van der Waals surface area contributed by atoms with E-state index in [4.69, 9.17) is 0 Å². The molecule has 2 aromatic rings. The van der Waals surface area contributed by atoms with E-state index in [2.05, 4.69) is 11.9 Å². The van der Waals surface area contributed by atoms with Crippen LogP contribution in [0.2, 0.25) is 0 Å². The van der Waals surface area contributed by atoms with Crippen molar-refractivity contribution in [2.24, 2.45) is 0 Å². The molecule has 2 heterocycles. The molecule has 30 heavy (non-hydrogen) atoms. The van der Waals surface area contributed by atoms with Gasteiger partial charge in [0.15, 0.2) is 0 Å². The maximum absolute atomic E-state index is 13.0. The van der Waals surface area contributed by atoms with Crippen LogP contribution in [0.3, 0.4) is 0 Å². The SMILES string of the molecule is C=C1c2ccccc2C(=O)N1CC(=O)N1CSCC1C(=O)Nc1ccc(C)c(C)c1. The first-order valence-corrected chi connectivity index (χ1v) is 10.9. The minimum atomic E-state index is -0.572. The summed E-state index contributed by atoms with van der Waals surface area (Å²) in [4.78, 5) is 41.5. The van der Waals surface area contributed by atoms with Gasteiger partial charge in [-0.1, -0.05) is 30.8 Å². The van der Waals surface area contributed by atoms with Crippen LogP contribution < -0.4 is 5.32 Å². The van der Waals surface area contributed by atoms with Crippen molar-refractivity contribution in [2.45, 2.75) is 19.9 Å². The van der Waals surface area contributed by atoms with E-state index in [-0.39, 0.29) is 24.3 Å². The number of nitrogens with one attached hydrogen (secondary N) is 1. The molecule has 1 N–H and O–H groups in total. The Hall–Kier alpha value is -3.06. The summed E-state index contributed by atoms with van der Waals surface area (Å²) in [5.41, 5.74) is 4.77. The molecule has 0 bridgehead atoms. The molecule has 0 aromatic heterocycles. The van der Waals surface area contributed by atoms with Gasteiger partial charge in [0.1, 0.15) is 12.6 Å². The summed E-state index contributed by atoms with van der Waals surface area (Å²) < 4.78 is 0. The van der Waals surface area contributed by atoms with Gasteiger partial charge < -0.3 is 10.2 Å². The quantitative estimate of drug-likeness (QED) is 0.823. The third-order valence-electron chi connectivity index (χ3n) is 5.61. The zero-order valence-electron chi connectivity index (χ0n) is 17.0. The molecule has 0 saturated carbocycles. The molecule has 0 aliphatic carbocycles. The summed E-state index contributed by atoms with van der Waals surface area (Å²) in [6.45, 7) is 7.86. The summed E-state index contributed by atoms with van der Waals surface area (Å²) in [5, 5.41) is 2.92. The maximum Gasteiger partial charge on any atom is 0.259 e. The zero-order valence-corrected chi connectivity index (χ0v) is 17.8. The number of anilines is 1. The van der Waals surface area contributed by atoms with Crippen molar-refractivity contribution >= 4 is 40.9 Å². The average Bonchev–Trinajstić information content (AvgIpc) is 3.31. The van der Waals surface area contributed by atoms with Gasteiger partial charge in [-0.05, 0) is 43.2 Å². The van der Waals surface area contributed by atoms with Gasteiger partial charge in [-0.3, -0.25) is 19.3 Å². The molecule has 3 amide bonds. The first-order valence-electron chi connectivity index (χ1n) is 9.72. The van der Waals surface area contributed by atoms with Crippen LogP contribution in [-0.4, -0.2) is 51.7 Å². The Morgan fingerprint density at radius 1 is 1.13 bits per heavy atom. The molecule has 4 rings (SSSR count). The van der Waals surface area contributed by atoms with Crippen molar-refractivity contribution in [3.05, 3.63) is 71.3 Å². The molecular formula is C23H23N3O3S. The maximum atomic E-state index is 13.0. The summed E-state index contributed by atoms with van der Waals surface area (Å²) in [5.74, 6) is 0.240. The van der Waals surface area contributed by atoms with Gasteiger partial charge in [0.05, 0.1) is 5.88 Å². The molecule has 6 nitrogen and oxygen atoms in total. The van der Waals surface area contributed by atoms with Crippen molar-refractivity contribution in [3.8, 4) is 0 Å². The first kappa shape index (κ1) is 20.2. The van der Waals surface area contributed by atoms with Gasteiger partial charge in [-0.15, -0.1) is 11.8 Å². The highest BCUT2D eigenvalue weighted by molar-refractivity contribution is 7.99. The standard InChI is InChI=1S/C23H23N3O3S/c1-14-8-9-17(10-15(14)2)24-22(28)20-12-30-13-26(20)21(27)11-25-16(3)18-6-4-5-7-19(18)23(25)29/h4-10,20H,3,11-13H2,1-2H3,(H,24,28). The average molecular weight is 422 g/mol. The normalized spacial score (nSPS) is 18.0. The Morgan fingerprint density at radius 2 is 1.87 bits per heavy atom. The molecule has 0 radical (unpaired) electrons. The number of nitrogens with zero attached hydrogens (tertiary/aromatic N) is 2. The van der Waals surface area contributed by atoms with Gasteiger partial charge in [0.25, 0.3) is 5.91 Å². The van der Waals surface area contributed by atoms with Crippen molar-refractivity contribution in [2.75, 3.05) is 23.5 Å². The van der Waals surface area contributed by atoms with Crippen LogP contribution in [0.15, 0.2) is 49.0 Å². The first-order chi connectivity index (χ1) is 14.4. The van der Waals surface area contributed by atoms with E-state index in [0.29, 0.717) is 28.6 Å².